The number of aromatic nitrogens is 9. The molecule has 68 heavy (non-hydrogen) atoms. The van der Waals surface area contributed by atoms with Crippen LogP contribution in [0.2, 0.25) is 25.8 Å². The van der Waals surface area contributed by atoms with E-state index in [1.807, 2.05) is 0 Å². The summed E-state index contributed by atoms with van der Waals surface area (Å²) >= 11 is 39.0. The number of H-pyrrole nitrogens is 1. The van der Waals surface area contributed by atoms with Crippen LogP contribution in [0.1, 0.15) is 70.4 Å². The van der Waals surface area contributed by atoms with Gasteiger partial charge in [0.1, 0.15) is 34.2 Å². The van der Waals surface area contributed by atoms with Crippen LogP contribution in [0.25, 0.3) is 5.82 Å². The first-order valence-corrected chi connectivity index (χ1v) is 26.6. The van der Waals surface area contributed by atoms with Crippen LogP contribution >= 0.6 is 171 Å². The standard InChI is InChI=1S/C14H16ClFN4O4.C9H8Cl2FNO2.C6H2Cl2FNO2.C5H9N3O2.CHI3.CH2I2/c1-7(2)24-13(21)8-5-9(16)12(17-11(8)15)20-14(22)19(3)10(18-20)6-23-4;1-4(2)15-9(14)5-3-6(12)8(11)13-7(5)10;7-4-2(6(11)12)1-3(9)5(8)10-4;1-8-4(3-10-2)6-7-5(8)9;2-1(3)4;2-1-3/h5,7H,6H2,1-4H3;3-4H,1-2H3;1H,(H,11,12);3H2,1-2H3,(H,7,9);1H;1H2. The van der Waals surface area contributed by atoms with Gasteiger partial charge in [-0.25, -0.2) is 57.2 Å². The van der Waals surface area contributed by atoms with E-state index in [0.29, 0.717) is 12.4 Å². The molecule has 0 aromatic carbocycles. The van der Waals surface area contributed by atoms with E-state index >= 15 is 0 Å². The van der Waals surface area contributed by atoms with E-state index < -0.39 is 63.7 Å². The Bertz CT molecular complexity index is 2570. The second-order valence-electron chi connectivity index (χ2n) is 12.4. The Morgan fingerprint density at radius 2 is 1.07 bits per heavy atom. The lowest BCUT2D eigenvalue weighted by atomic mass is 10.2. The van der Waals surface area contributed by atoms with Gasteiger partial charge >= 0.3 is 29.3 Å². The topological polar surface area (TPSA) is 238 Å². The lowest BCUT2D eigenvalue weighted by Gasteiger charge is -2.10. The van der Waals surface area contributed by atoms with Crippen molar-refractivity contribution in [3.8, 4) is 5.82 Å². The molecule has 5 aromatic heterocycles. The lowest BCUT2D eigenvalue weighted by Crippen LogP contribution is -2.24. The highest BCUT2D eigenvalue weighted by Crippen LogP contribution is 2.23. The number of nitrogens with zero attached hydrogens (tertiary/aromatic N) is 8. The number of alkyl halides is 5. The first kappa shape index (κ1) is 66.6. The molecule has 32 heteroatoms. The lowest BCUT2D eigenvalue weighted by molar-refractivity contribution is 0.0366. The number of hydrogen-bond acceptors (Lipinski definition) is 14. The van der Waals surface area contributed by atoms with Crippen LogP contribution in [0.3, 0.4) is 0 Å². The number of hydrogen-bond donors (Lipinski definition) is 2. The fourth-order valence-corrected chi connectivity index (χ4v) is 5.01. The molecule has 2 N–H and O–H groups in total. The monoisotopic (exact) mass is 1620 g/mol. The quantitative estimate of drug-likeness (QED) is 0.0572. The molecule has 0 saturated heterocycles. The fourth-order valence-electron chi connectivity index (χ4n) is 4.00. The van der Waals surface area contributed by atoms with Crippen molar-refractivity contribution in [3.63, 3.8) is 0 Å². The Balaban J connectivity index is 0.000000881. The molecule has 0 bridgehead atoms. The minimum absolute atomic E-state index is 0.0624. The molecular formula is C36H38Cl5F3I5N9O10. The molecule has 378 valence electrons. The number of carboxylic acids is 1. The maximum absolute atomic E-state index is 14.4. The van der Waals surface area contributed by atoms with Crippen LogP contribution in [-0.4, -0.2) is 95.9 Å². The zero-order valence-electron chi connectivity index (χ0n) is 36.2. The smallest absolute Gasteiger partial charge is 0.352 e. The Morgan fingerprint density at radius 1 is 0.691 bits per heavy atom. The van der Waals surface area contributed by atoms with Crippen molar-refractivity contribution in [2.24, 2.45) is 14.1 Å². The van der Waals surface area contributed by atoms with Gasteiger partial charge in [0.05, 0.1) is 25.8 Å². The summed E-state index contributed by atoms with van der Waals surface area (Å²) in [4.78, 5) is 67.0. The van der Waals surface area contributed by atoms with Gasteiger partial charge in [-0.15, -0.1) is 5.10 Å². The second-order valence-corrected chi connectivity index (χ2v) is 29.6. The highest BCUT2D eigenvalue weighted by molar-refractivity contribution is 14.3. The van der Waals surface area contributed by atoms with Crippen molar-refractivity contribution < 1.29 is 51.6 Å². The van der Waals surface area contributed by atoms with E-state index in [0.717, 1.165) is 22.8 Å². The number of carbonyl (C=O) groups excluding carboxylic acids is 2. The number of ether oxygens (including phenoxy) is 4. The molecule has 5 heterocycles. The third-order valence-corrected chi connectivity index (χ3v) is 8.23. The van der Waals surface area contributed by atoms with E-state index in [1.165, 1.54) is 25.7 Å². The average molecular weight is 1630 g/mol. The van der Waals surface area contributed by atoms with Crippen molar-refractivity contribution >= 4 is 189 Å². The van der Waals surface area contributed by atoms with Crippen LogP contribution in [0.4, 0.5) is 13.2 Å². The second kappa shape index (κ2) is 34.1. The number of aromatic amines is 1. The van der Waals surface area contributed by atoms with Crippen LogP contribution in [-0.2, 0) is 46.3 Å². The summed E-state index contributed by atoms with van der Waals surface area (Å²) in [7, 11) is 6.10. The van der Waals surface area contributed by atoms with Crippen LogP contribution in [0.15, 0.2) is 27.8 Å². The average Bonchev–Trinajstić information content (AvgIpc) is 3.69. The maximum Gasteiger partial charge on any atom is 0.352 e. The van der Waals surface area contributed by atoms with Crippen molar-refractivity contribution in [1.29, 1.82) is 0 Å². The predicted octanol–water partition coefficient (Wildman–Crippen LogP) is 10.4. The van der Waals surface area contributed by atoms with Crippen LogP contribution < -0.4 is 11.4 Å². The number of carbonyl (C=O) groups is 3. The van der Waals surface area contributed by atoms with E-state index in [-0.39, 0.29) is 56.0 Å². The van der Waals surface area contributed by atoms with E-state index in [9.17, 15) is 37.1 Å². The molecule has 0 aliphatic carbocycles. The molecule has 0 saturated carbocycles. The van der Waals surface area contributed by atoms with Gasteiger partial charge < -0.3 is 24.1 Å². The molecule has 0 radical (unpaired) electrons. The van der Waals surface area contributed by atoms with Gasteiger partial charge in [0.15, 0.2) is 45.2 Å². The largest absolute Gasteiger partial charge is 0.478 e. The Morgan fingerprint density at radius 3 is 1.46 bits per heavy atom. The van der Waals surface area contributed by atoms with Gasteiger partial charge in [0.25, 0.3) is 0 Å². The molecule has 0 fully saturated rings. The minimum Gasteiger partial charge on any atom is -0.478 e. The summed E-state index contributed by atoms with van der Waals surface area (Å²) in [5.74, 6) is -5.04. The summed E-state index contributed by atoms with van der Waals surface area (Å²) in [6, 6.07) is 2.49. The van der Waals surface area contributed by atoms with Crippen molar-refractivity contribution in [1.82, 2.24) is 44.1 Å². The van der Waals surface area contributed by atoms with Crippen LogP contribution in [0, 0.1) is 17.5 Å². The third-order valence-electron chi connectivity index (χ3n) is 6.83. The van der Waals surface area contributed by atoms with Gasteiger partial charge in [-0.1, -0.05) is 171 Å². The molecule has 19 nitrogen and oxygen atoms in total. The number of carboxylic acid groups (broad SMARTS) is 1. The van der Waals surface area contributed by atoms with Crippen molar-refractivity contribution in [2.75, 3.05) is 16.7 Å². The summed E-state index contributed by atoms with van der Waals surface area (Å²) in [5, 5.41) is 16.8. The molecule has 5 aromatic rings. The fraction of sp³-hybridized carbons (Fsp3) is 0.389. The number of pyridine rings is 3. The maximum atomic E-state index is 14.4. The molecule has 5 rings (SSSR count). The van der Waals surface area contributed by atoms with E-state index in [4.69, 9.17) is 82.1 Å². The summed E-state index contributed by atoms with van der Waals surface area (Å²) in [5.41, 5.74) is -1.60. The van der Waals surface area contributed by atoms with Crippen molar-refractivity contribution in [3.05, 3.63) is 111 Å². The zero-order chi connectivity index (χ0) is 52.7. The Kier molecular flexibility index (Phi) is 33.3. The molecule has 0 spiro atoms. The first-order valence-electron chi connectivity index (χ1n) is 17.9. The number of nitrogens with one attached hydrogen (secondary N) is 1. The summed E-state index contributed by atoms with van der Waals surface area (Å²) < 4.78 is 64.7. The number of aromatic carboxylic acids is 1. The van der Waals surface area contributed by atoms with Gasteiger partial charge in [-0.05, 0) is 45.9 Å². The summed E-state index contributed by atoms with van der Waals surface area (Å²) in [6.07, 6.45) is -0.710. The zero-order valence-corrected chi connectivity index (χ0v) is 50.8. The Hall–Kier alpha value is -1.45. The van der Waals surface area contributed by atoms with E-state index in [1.54, 1.807) is 41.9 Å². The molecule has 0 atom stereocenters. The number of esters is 2. The minimum atomic E-state index is -1.34. The summed E-state index contributed by atoms with van der Waals surface area (Å²) in [6.45, 7) is 7.06. The van der Waals surface area contributed by atoms with Gasteiger partial charge in [0, 0.05) is 28.3 Å². The number of rotatable bonds is 10. The molecule has 0 aliphatic rings. The molecule has 0 amide bonds. The van der Waals surface area contributed by atoms with Gasteiger partial charge in [-0.2, -0.15) is 9.78 Å². The first-order chi connectivity index (χ1) is 31.6. The van der Waals surface area contributed by atoms with Gasteiger partial charge in [0.2, 0.25) is 0 Å². The molecular weight excluding hydrogens is 1590 g/mol. The van der Waals surface area contributed by atoms with Crippen LogP contribution in [0.5, 0.6) is 0 Å². The van der Waals surface area contributed by atoms with Crippen molar-refractivity contribution in [2.45, 2.75) is 53.1 Å². The van der Waals surface area contributed by atoms with E-state index in [2.05, 4.69) is 143 Å². The third kappa shape index (κ3) is 23.4. The highest BCUT2D eigenvalue weighted by Gasteiger charge is 2.23. The predicted molar refractivity (Wildman–Crippen MR) is 292 cm³/mol. The Labute approximate surface area is 479 Å². The molecule has 0 aliphatic heterocycles. The molecule has 0 unspecified atom stereocenters. The number of halogens is 13. The highest BCUT2D eigenvalue weighted by atomic mass is 127. The normalized spacial score (nSPS) is 10.3. The number of methoxy groups -OCH3 is 2. The van der Waals surface area contributed by atoms with Gasteiger partial charge in [-0.3, -0.25) is 9.13 Å². The SMILES string of the molecule is CC(C)OC(=O)c1cc(F)c(Cl)nc1Cl.COCc1n[nH]c(=O)n1C.COCc1nn(-c2nc(Cl)c(C(=O)OC(C)C)cc2F)c(=O)n1C.IC(I)I.ICI.O=C(O)c1cc(F)c(Cl)nc1Cl.